The third-order valence-corrected chi connectivity index (χ3v) is 8.79. The van der Waals surface area contributed by atoms with Gasteiger partial charge < -0.3 is 0 Å². The molecule has 32 heavy (non-hydrogen) atoms. The summed E-state index contributed by atoms with van der Waals surface area (Å²) in [6.07, 6.45) is -9.56. The lowest BCUT2D eigenvalue weighted by Crippen LogP contribution is -2.44. The van der Waals surface area contributed by atoms with Crippen LogP contribution in [0.3, 0.4) is 0 Å². The fourth-order valence-electron chi connectivity index (χ4n) is 2.50. The highest BCUT2D eigenvalue weighted by molar-refractivity contribution is 7.93. The monoisotopic (exact) mass is 523 g/mol. The van der Waals surface area contributed by atoms with E-state index >= 15 is 0 Å². The summed E-state index contributed by atoms with van der Waals surface area (Å²) in [5.74, 6) is 0. The first kappa shape index (κ1) is 26.4. The van der Waals surface area contributed by atoms with Gasteiger partial charge in [-0.25, -0.2) is 21.6 Å². The van der Waals surface area contributed by atoms with E-state index in [1.807, 2.05) is 4.72 Å². The van der Waals surface area contributed by atoms with Crippen molar-refractivity contribution in [3.05, 3.63) is 58.6 Å². The second kappa shape index (κ2) is 8.50. The van der Waals surface area contributed by atoms with Crippen molar-refractivity contribution in [1.82, 2.24) is 4.72 Å². The maximum absolute atomic E-state index is 12.9. The summed E-state index contributed by atoms with van der Waals surface area (Å²) >= 11 is 5.67. The number of nitrogens with one attached hydrogen (secondary N) is 1. The Morgan fingerprint density at radius 3 is 1.88 bits per heavy atom. The van der Waals surface area contributed by atoms with Gasteiger partial charge >= 0.3 is 12.4 Å². The Labute approximate surface area is 185 Å². The van der Waals surface area contributed by atoms with Crippen molar-refractivity contribution in [2.24, 2.45) is 0 Å². The van der Waals surface area contributed by atoms with E-state index in [0.29, 0.717) is 30.3 Å². The first-order valence-electron chi connectivity index (χ1n) is 8.57. The zero-order valence-electron chi connectivity index (χ0n) is 16.3. The Balaban J connectivity index is 2.32. The molecule has 0 amide bonds. The van der Waals surface area contributed by atoms with E-state index in [1.165, 1.54) is 0 Å². The summed E-state index contributed by atoms with van der Waals surface area (Å²) in [5, 5.41) is -0.745. The van der Waals surface area contributed by atoms with Crippen LogP contribution in [0.25, 0.3) is 0 Å². The molecule has 0 radical (unpaired) electrons. The van der Waals surface area contributed by atoms with Crippen molar-refractivity contribution in [2.75, 3.05) is 6.54 Å². The fourth-order valence-corrected chi connectivity index (χ4v) is 5.78. The van der Waals surface area contributed by atoms with E-state index in [-0.39, 0.29) is 0 Å². The quantitative estimate of drug-likeness (QED) is 0.546. The molecule has 2 aromatic rings. The molecular weight excluding hydrogens is 508 g/mol. The van der Waals surface area contributed by atoms with Gasteiger partial charge in [-0.15, -0.1) is 0 Å². The van der Waals surface area contributed by atoms with Crippen LogP contribution in [0, 0.1) is 0 Å². The highest BCUT2D eigenvalue weighted by Crippen LogP contribution is 2.35. The largest absolute Gasteiger partial charge is 0.416 e. The van der Waals surface area contributed by atoms with Crippen LogP contribution in [-0.2, 0) is 32.2 Å². The average Bonchev–Trinajstić information content (AvgIpc) is 2.65. The third kappa shape index (κ3) is 5.56. The Morgan fingerprint density at radius 1 is 0.844 bits per heavy atom. The van der Waals surface area contributed by atoms with Gasteiger partial charge in [-0.2, -0.15) is 26.3 Å². The standard InChI is InChI=1S/C18H16ClF6NO4S2/c1-16(2,31(27,28)13-5-3-4-11(8-13)17(20,21)22)10-26-32(29,30)15-7-6-12(9-14(15)19)18(23,24)25/h3-9,26H,10H2,1-2H3. The number of halogens is 7. The lowest BCUT2D eigenvalue weighted by Gasteiger charge is -2.25. The molecule has 0 bridgehead atoms. The molecule has 5 nitrogen and oxygen atoms in total. The van der Waals surface area contributed by atoms with Gasteiger partial charge in [0.25, 0.3) is 0 Å². The number of sulfonamides is 1. The molecule has 0 spiro atoms. The van der Waals surface area contributed by atoms with Crippen LogP contribution in [-0.4, -0.2) is 28.1 Å². The molecule has 178 valence electrons. The molecule has 0 aliphatic carbocycles. The van der Waals surface area contributed by atoms with Gasteiger partial charge in [-0.3, -0.25) is 0 Å². The maximum atomic E-state index is 12.9. The minimum atomic E-state index is -4.80. The Bertz CT molecular complexity index is 1220. The predicted molar refractivity (Wildman–Crippen MR) is 104 cm³/mol. The highest BCUT2D eigenvalue weighted by atomic mass is 35.5. The van der Waals surface area contributed by atoms with Crippen LogP contribution in [0.4, 0.5) is 26.3 Å². The minimum absolute atomic E-state index is 0.403. The number of sulfone groups is 1. The number of rotatable bonds is 6. The van der Waals surface area contributed by atoms with E-state index < -0.39 is 69.4 Å². The molecule has 2 rings (SSSR count). The molecule has 0 aliphatic rings. The van der Waals surface area contributed by atoms with Crippen LogP contribution < -0.4 is 4.72 Å². The van der Waals surface area contributed by atoms with Crippen molar-refractivity contribution in [1.29, 1.82) is 0 Å². The molecule has 14 heteroatoms. The van der Waals surface area contributed by atoms with Gasteiger partial charge in [0.05, 0.1) is 25.8 Å². The molecular formula is C18H16ClF6NO4S2. The summed E-state index contributed by atoms with van der Waals surface area (Å²) in [5.41, 5.74) is -2.39. The number of hydrogen-bond acceptors (Lipinski definition) is 4. The molecule has 2 aromatic carbocycles. The second-order valence-corrected chi connectivity index (χ2v) is 12.0. The minimum Gasteiger partial charge on any atom is -0.223 e. The van der Waals surface area contributed by atoms with Crippen LogP contribution in [0.1, 0.15) is 25.0 Å². The fraction of sp³-hybridized carbons (Fsp3) is 0.333. The van der Waals surface area contributed by atoms with Crippen molar-refractivity contribution < 1.29 is 43.2 Å². The first-order chi connectivity index (χ1) is 14.3. The summed E-state index contributed by atoms with van der Waals surface area (Å²) in [6.45, 7) is 1.37. The molecule has 0 aromatic heterocycles. The van der Waals surface area contributed by atoms with Gasteiger partial charge in [0.15, 0.2) is 9.84 Å². The van der Waals surface area contributed by atoms with Crippen LogP contribution in [0.2, 0.25) is 5.02 Å². The summed E-state index contributed by atoms with van der Waals surface area (Å²) < 4.78 is 128. The van der Waals surface area contributed by atoms with Crippen molar-refractivity contribution in [2.45, 2.75) is 40.7 Å². The van der Waals surface area contributed by atoms with Gasteiger partial charge in [-0.1, -0.05) is 17.7 Å². The lowest BCUT2D eigenvalue weighted by molar-refractivity contribution is -0.138. The van der Waals surface area contributed by atoms with E-state index in [0.717, 1.165) is 26.0 Å². The maximum Gasteiger partial charge on any atom is 0.416 e. The van der Waals surface area contributed by atoms with Gasteiger partial charge in [0, 0.05) is 6.54 Å². The number of benzene rings is 2. The third-order valence-electron chi connectivity index (χ3n) is 4.44. The molecule has 0 fully saturated rings. The first-order valence-corrected chi connectivity index (χ1v) is 11.9. The van der Waals surface area contributed by atoms with Crippen LogP contribution in [0.5, 0.6) is 0 Å². The molecule has 0 heterocycles. The molecule has 0 saturated carbocycles. The van der Waals surface area contributed by atoms with Crippen molar-refractivity contribution >= 4 is 31.5 Å². The molecule has 0 unspecified atom stereocenters. The van der Waals surface area contributed by atoms with E-state index in [9.17, 15) is 43.2 Å². The smallest absolute Gasteiger partial charge is 0.223 e. The highest BCUT2D eigenvalue weighted by Gasteiger charge is 2.39. The zero-order valence-corrected chi connectivity index (χ0v) is 18.7. The van der Waals surface area contributed by atoms with Gasteiger partial charge in [0.2, 0.25) is 10.0 Å². The van der Waals surface area contributed by atoms with E-state index in [2.05, 4.69) is 0 Å². The molecule has 1 N–H and O–H groups in total. The average molecular weight is 524 g/mol. The van der Waals surface area contributed by atoms with Crippen LogP contribution in [0.15, 0.2) is 52.3 Å². The summed E-state index contributed by atoms with van der Waals surface area (Å²) in [6, 6.07) is 4.46. The number of hydrogen-bond donors (Lipinski definition) is 1. The van der Waals surface area contributed by atoms with Crippen molar-refractivity contribution in [3.8, 4) is 0 Å². The topological polar surface area (TPSA) is 80.3 Å². The molecule has 0 atom stereocenters. The lowest BCUT2D eigenvalue weighted by atomic mass is 10.2. The van der Waals surface area contributed by atoms with E-state index in [1.54, 1.807) is 0 Å². The zero-order chi connectivity index (χ0) is 24.8. The molecule has 0 aliphatic heterocycles. The summed E-state index contributed by atoms with van der Waals surface area (Å²) in [7, 11) is -9.02. The Morgan fingerprint density at radius 2 is 1.38 bits per heavy atom. The number of alkyl halides is 6. The molecule has 0 saturated heterocycles. The Kier molecular flexibility index (Phi) is 7.02. The van der Waals surface area contributed by atoms with Gasteiger partial charge in [-0.05, 0) is 50.2 Å². The van der Waals surface area contributed by atoms with E-state index in [4.69, 9.17) is 11.6 Å². The summed E-state index contributed by atoms with van der Waals surface area (Å²) in [4.78, 5) is -1.40. The van der Waals surface area contributed by atoms with Crippen molar-refractivity contribution in [3.63, 3.8) is 0 Å². The normalized spacial score (nSPS) is 13.9. The predicted octanol–water partition coefficient (Wildman–Crippen LogP) is 4.91. The van der Waals surface area contributed by atoms with Crippen LogP contribution >= 0.6 is 11.6 Å². The Hall–Kier alpha value is -1.83. The van der Waals surface area contributed by atoms with Gasteiger partial charge in [0.1, 0.15) is 4.90 Å². The second-order valence-electron chi connectivity index (χ2n) is 7.26. The SMILES string of the molecule is CC(C)(CNS(=O)(=O)c1ccc(C(F)(F)F)cc1Cl)S(=O)(=O)c1cccc(C(F)(F)F)c1.